The van der Waals surface area contributed by atoms with Crippen molar-refractivity contribution in [2.24, 2.45) is 11.7 Å². The Kier molecular flexibility index (Phi) is 4.99. The smallest absolute Gasteiger partial charge is 0.254 e. The van der Waals surface area contributed by atoms with Crippen LogP contribution >= 0.6 is 0 Å². The third kappa shape index (κ3) is 3.79. The predicted molar refractivity (Wildman–Crippen MR) is 90.5 cm³/mol. The second kappa shape index (κ2) is 7.19. The van der Waals surface area contributed by atoms with E-state index in [1.54, 1.807) is 24.3 Å². The summed E-state index contributed by atoms with van der Waals surface area (Å²) >= 11 is 0. The van der Waals surface area contributed by atoms with E-state index in [-0.39, 0.29) is 17.7 Å². The first kappa shape index (κ1) is 17.4. The van der Waals surface area contributed by atoms with Gasteiger partial charge in [0.25, 0.3) is 5.91 Å². The van der Waals surface area contributed by atoms with Crippen molar-refractivity contribution in [1.82, 2.24) is 4.90 Å². The van der Waals surface area contributed by atoms with Gasteiger partial charge in [-0.1, -0.05) is 0 Å². The van der Waals surface area contributed by atoms with Crippen LogP contribution in [0.4, 0.5) is 8.78 Å². The highest BCUT2D eigenvalue weighted by atomic mass is 19.2. The minimum Gasteiger partial charge on any atom is -0.457 e. The summed E-state index contributed by atoms with van der Waals surface area (Å²) in [5.41, 5.74) is 6.26. The molecule has 0 spiro atoms. The molecule has 2 N–H and O–H groups in total. The van der Waals surface area contributed by atoms with Gasteiger partial charge in [-0.2, -0.15) is 0 Å². The van der Waals surface area contributed by atoms with E-state index in [1.165, 1.54) is 6.07 Å². The number of carbonyl (C=O) groups excluding carboxylic acids is 1. The van der Waals surface area contributed by atoms with Gasteiger partial charge in [-0.05, 0) is 62.2 Å². The Morgan fingerprint density at radius 3 is 2.44 bits per heavy atom. The molecule has 2 atom stereocenters. The molecule has 1 heterocycles. The third-order valence-electron chi connectivity index (χ3n) is 4.48. The summed E-state index contributed by atoms with van der Waals surface area (Å²) in [5, 5.41) is 0. The quantitative estimate of drug-likeness (QED) is 0.921. The van der Waals surface area contributed by atoms with Gasteiger partial charge in [0.2, 0.25) is 0 Å². The number of nitrogens with two attached hydrogens (primary N) is 1. The number of carbonyl (C=O) groups is 1. The lowest BCUT2D eigenvalue weighted by Gasteiger charge is -2.21. The second-order valence-electron chi connectivity index (χ2n) is 6.35. The van der Waals surface area contributed by atoms with Crippen molar-refractivity contribution in [3.05, 3.63) is 59.7 Å². The number of hydrogen-bond donors (Lipinski definition) is 1. The zero-order chi connectivity index (χ0) is 18.0. The molecule has 0 bridgehead atoms. The molecule has 2 unspecified atom stereocenters. The summed E-state index contributed by atoms with van der Waals surface area (Å²) in [6.45, 7) is 3.27. The van der Waals surface area contributed by atoms with Crippen molar-refractivity contribution in [3.8, 4) is 11.5 Å². The van der Waals surface area contributed by atoms with E-state index < -0.39 is 11.6 Å². The van der Waals surface area contributed by atoms with Crippen LogP contribution in [0.3, 0.4) is 0 Å². The highest BCUT2D eigenvalue weighted by Crippen LogP contribution is 2.26. The van der Waals surface area contributed by atoms with Gasteiger partial charge in [0.05, 0.1) is 0 Å². The molecule has 1 aliphatic heterocycles. The average molecular weight is 346 g/mol. The minimum atomic E-state index is -0.971. The molecule has 3 rings (SSSR count). The molecule has 0 saturated carbocycles. The molecule has 2 aromatic carbocycles. The molecule has 0 aromatic heterocycles. The molecule has 0 aliphatic carbocycles. The number of ether oxygens (including phenoxy) is 1. The van der Waals surface area contributed by atoms with Gasteiger partial charge in [0.1, 0.15) is 11.5 Å². The Balaban J connectivity index is 1.69. The highest BCUT2D eigenvalue weighted by molar-refractivity contribution is 5.94. The summed E-state index contributed by atoms with van der Waals surface area (Å²) < 4.78 is 31.6. The Hall–Kier alpha value is -2.47. The molecule has 1 fully saturated rings. The van der Waals surface area contributed by atoms with E-state index in [2.05, 4.69) is 0 Å². The van der Waals surface area contributed by atoms with E-state index in [4.69, 9.17) is 10.5 Å². The van der Waals surface area contributed by atoms with E-state index in [9.17, 15) is 13.6 Å². The lowest BCUT2D eigenvalue weighted by molar-refractivity contribution is 0.0743. The molecule has 6 heteroatoms. The average Bonchev–Trinajstić information content (AvgIpc) is 2.99. The zero-order valence-corrected chi connectivity index (χ0v) is 13.9. The van der Waals surface area contributed by atoms with Crippen LogP contribution in [0.15, 0.2) is 42.5 Å². The first-order chi connectivity index (χ1) is 12.0. The standard InChI is InChI=1S/C19H20F2N2O2/c1-12-8-13(10-22)11-23(12)19(24)14-2-4-15(5-3-14)25-16-6-7-17(20)18(21)9-16/h2-7,9,12-13H,8,10-11,22H2,1H3. The van der Waals surface area contributed by atoms with E-state index in [0.29, 0.717) is 30.3 Å². The fourth-order valence-electron chi connectivity index (χ4n) is 3.10. The van der Waals surface area contributed by atoms with Gasteiger partial charge in [0.15, 0.2) is 11.6 Å². The van der Waals surface area contributed by atoms with E-state index in [1.807, 2.05) is 11.8 Å². The molecule has 1 saturated heterocycles. The molecule has 1 amide bonds. The summed E-state index contributed by atoms with van der Waals surface area (Å²) in [5.74, 6) is -0.961. The number of benzene rings is 2. The fourth-order valence-corrected chi connectivity index (χ4v) is 3.10. The lowest BCUT2D eigenvalue weighted by atomic mass is 10.1. The number of likely N-dealkylation sites (tertiary alicyclic amines) is 1. The van der Waals surface area contributed by atoms with Gasteiger partial charge < -0.3 is 15.4 Å². The van der Waals surface area contributed by atoms with Crippen LogP contribution in [0, 0.1) is 17.6 Å². The van der Waals surface area contributed by atoms with Crippen molar-refractivity contribution >= 4 is 5.91 Å². The first-order valence-corrected chi connectivity index (χ1v) is 8.22. The monoisotopic (exact) mass is 346 g/mol. The summed E-state index contributed by atoms with van der Waals surface area (Å²) in [6, 6.07) is 10.1. The van der Waals surface area contributed by atoms with Crippen LogP contribution in [0.25, 0.3) is 0 Å². The molecule has 2 aromatic rings. The summed E-state index contributed by atoms with van der Waals surface area (Å²) in [4.78, 5) is 14.5. The van der Waals surface area contributed by atoms with E-state index in [0.717, 1.165) is 18.6 Å². The van der Waals surface area contributed by atoms with Gasteiger partial charge >= 0.3 is 0 Å². The Morgan fingerprint density at radius 2 is 1.84 bits per heavy atom. The largest absolute Gasteiger partial charge is 0.457 e. The minimum absolute atomic E-state index is 0.0390. The number of halogens is 2. The van der Waals surface area contributed by atoms with Crippen LogP contribution in [0.5, 0.6) is 11.5 Å². The Labute approximate surface area is 145 Å². The van der Waals surface area contributed by atoms with Crippen LogP contribution in [-0.4, -0.2) is 29.9 Å². The summed E-state index contributed by atoms with van der Waals surface area (Å²) in [7, 11) is 0. The number of nitrogens with zero attached hydrogens (tertiary/aromatic N) is 1. The maximum Gasteiger partial charge on any atom is 0.254 e. The molecule has 0 radical (unpaired) electrons. The Bertz CT molecular complexity index is 765. The van der Waals surface area contributed by atoms with E-state index >= 15 is 0 Å². The van der Waals surface area contributed by atoms with Crippen molar-refractivity contribution in [3.63, 3.8) is 0 Å². The maximum absolute atomic E-state index is 13.2. The molecule has 132 valence electrons. The van der Waals surface area contributed by atoms with Gasteiger partial charge in [-0.3, -0.25) is 4.79 Å². The molecule has 1 aliphatic rings. The van der Waals surface area contributed by atoms with Crippen molar-refractivity contribution < 1.29 is 18.3 Å². The predicted octanol–water partition coefficient (Wildman–Crippen LogP) is 3.57. The van der Waals surface area contributed by atoms with Crippen LogP contribution in [-0.2, 0) is 0 Å². The van der Waals surface area contributed by atoms with Crippen LogP contribution in [0.1, 0.15) is 23.7 Å². The Morgan fingerprint density at radius 1 is 1.16 bits per heavy atom. The molecule has 25 heavy (non-hydrogen) atoms. The topological polar surface area (TPSA) is 55.6 Å². The molecular formula is C19H20F2N2O2. The number of rotatable bonds is 4. The summed E-state index contributed by atoms with van der Waals surface area (Å²) in [6.07, 6.45) is 0.916. The maximum atomic E-state index is 13.2. The third-order valence-corrected chi connectivity index (χ3v) is 4.48. The normalized spacial score (nSPS) is 19.9. The van der Waals surface area contributed by atoms with Gasteiger partial charge in [-0.15, -0.1) is 0 Å². The van der Waals surface area contributed by atoms with Crippen LogP contribution in [0.2, 0.25) is 0 Å². The van der Waals surface area contributed by atoms with Gasteiger partial charge in [0, 0.05) is 24.2 Å². The van der Waals surface area contributed by atoms with Crippen molar-refractivity contribution in [1.29, 1.82) is 0 Å². The van der Waals surface area contributed by atoms with Crippen molar-refractivity contribution in [2.45, 2.75) is 19.4 Å². The van der Waals surface area contributed by atoms with Crippen molar-refractivity contribution in [2.75, 3.05) is 13.1 Å². The second-order valence-corrected chi connectivity index (χ2v) is 6.35. The van der Waals surface area contributed by atoms with Gasteiger partial charge in [-0.25, -0.2) is 8.78 Å². The zero-order valence-electron chi connectivity index (χ0n) is 13.9. The number of amides is 1. The first-order valence-electron chi connectivity index (χ1n) is 8.22. The number of hydrogen-bond acceptors (Lipinski definition) is 3. The molecular weight excluding hydrogens is 326 g/mol. The lowest BCUT2D eigenvalue weighted by Crippen LogP contribution is -2.34. The van der Waals surface area contributed by atoms with Crippen LogP contribution < -0.4 is 10.5 Å². The fraction of sp³-hybridized carbons (Fsp3) is 0.316. The molecule has 4 nitrogen and oxygen atoms in total. The highest BCUT2D eigenvalue weighted by Gasteiger charge is 2.31. The SMILES string of the molecule is CC1CC(CN)CN1C(=O)c1ccc(Oc2ccc(F)c(F)c2)cc1.